The number of nitrogens with zero attached hydrogens (tertiary/aromatic N) is 6. The lowest BCUT2D eigenvalue weighted by atomic mass is 9.99. The number of hydrogen-bond donors (Lipinski definition) is 0. The monoisotopic (exact) mass is 532 g/mol. The van der Waals surface area contributed by atoms with Crippen molar-refractivity contribution in [2.75, 3.05) is 43.2 Å². The van der Waals surface area contributed by atoms with Gasteiger partial charge < -0.3 is 19.3 Å². The van der Waals surface area contributed by atoms with E-state index in [1.165, 1.54) is 23.5 Å². The summed E-state index contributed by atoms with van der Waals surface area (Å²) >= 11 is 1.65. The SMILES string of the molecule is CCOC(=O)c1cnc(N(C)Cc2cc3nc(N4CCOC(c5ccc(C(C)C)cc5)C4)ncc3s2)nc1. The van der Waals surface area contributed by atoms with Crippen LogP contribution >= 0.6 is 11.3 Å². The van der Waals surface area contributed by atoms with Gasteiger partial charge in [-0.2, -0.15) is 0 Å². The molecular formula is C28H32N6O3S. The molecule has 0 aliphatic carbocycles. The van der Waals surface area contributed by atoms with E-state index >= 15 is 0 Å². The molecule has 1 saturated heterocycles. The molecule has 198 valence electrons. The maximum absolute atomic E-state index is 11.8. The highest BCUT2D eigenvalue weighted by Gasteiger charge is 2.24. The lowest BCUT2D eigenvalue weighted by molar-refractivity contribution is 0.0392. The highest BCUT2D eigenvalue weighted by molar-refractivity contribution is 7.19. The first-order chi connectivity index (χ1) is 18.4. The number of carbonyl (C=O) groups is 1. The molecule has 1 aromatic carbocycles. The largest absolute Gasteiger partial charge is 0.462 e. The van der Waals surface area contributed by atoms with E-state index in [0.717, 1.165) is 27.6 Å². The first kappa shape index (κ1) is 26.0. The first-order valence-electron chi connectivity index (χ1n) is 12.8. The molecule has 1 atom stereocenters. The summed E-state index contributed by atoms with van der Waals surface area (Å²) in [4.78, 5) is 35.3. The molecular weight excluding hydrogens is 500 g/mol. The molecule has 1 aliphatic heterocycles. The fourth-order valence-electron chi connectivity index (χ4n) is 4.38. The number of rotatable bonds is 8. The van der Waals surface area contributed by atoms with Crippen LogP contribution < -0.4 is 9.80 Å². The summed E-state index contributed by atoms with van der Waals surface area (Å²) < 4.78 is 12.1. The molecule has 5 rings (SSSR count). The Bertz CT molecular complexity index is 1390. The minimum Gasteiger partial charge on any atom is -0.462 e. The number of anilines is 2. The van der Waals surface area contributed by atoms with Gasteiger partial charge in [-0.1, -0.05) is 38.1 Å². The zero-order valence-corrected chi connectivity index (χ0v) is 22.9. The average Bonchev–Trinajstić information content (AvgIpc) is 3.35. The summed E-state index contributed by atoms with van der Waals surface area (Å²) in [5.74, 6) is 1.34. The fourth-order valence-corrected chi connectivity index (χ4v) is 5.41. The molecule has 38 heavy (non-hydrogen) atoms. The molecule has 0 radical (unpaired) electrons. The van der Waals surface area contributed by atoms with Crippen LogP contribution in [0.5, 0.6) is 0 Å². The third kappa shape index (κ3) is 5.76. The molecule has 0 saturated carbocycles. The number of fused-ring (bicyclic) bond motifs is 1. The highest BCUT2D eigenvalue weighted by Crippen LogP contribution is 2.29. The van der Waals surface area contributed by atoms with Crippen molar-refractivity contribution in [3.05, 3.63) is 70.5 Å². The van der Waals surface area contributed by atoms with Crippen LogP contribution in [0.4, 0.5) is 11.9 Å². The summed E-state index contributed by atoms with van der Waals surface area (Å²) in [6.45, 7) is 9.20. The Morgan fingerprint density at radius 2 is 1.95 bits per heavy atom. The van der Waals surface area contributed by atoms with E-state index in [4.69, 9.17) is 14.5 Å². The fraction of sp³-hybridized carbons (Fsp3) is 0.393. The molecule has 10 heteroatoms. The second-order valence-electron chi connectivity index (χ2n) is 9.61. The Morgan fingerprint density at radius 3 is 2.66 bits per heavy atom. The normalized spacial score (nSPS) is 15.7. The van der Waals surface area contributed by atoms with E-state index in [-0.39, 0.29) is 6.10 Å². The lowest BCUT2D eigenvalue weighted by Gasteiger charge is -2.33. The molecule has 1 aliphatic rings. The van der Waals surface area contributed by atoms with Crippen molar-refractivity contribution >= 4 is 39.4 Å². The van der Waals surface area contributed by atoms with E-state index in [9.17, 15) is 4.79 Å². The van der Waals surface area contributed by atoms with E-state index in [2.05, 4.69) is 64.0 Å². The van der Waals surface area contributed by atoms with Crippen LogP contribution in [-0.2, 0) is 16.0 Å². The summed E-state index contributed by atoms with van der Waals surface area (Å²) in [5, 5.41) is 0. The number of carbonyl (C=O) groups excluding carboxylic acids is 1. The summed E-state index contributed by atoms with van der Waals surface area (Å²) in [5.41, 5.74) is 3.77. The predicted octanol–water partition coefficient (Wildman–Crippen LogP) is 5.00. The van der Waals surface area contributed by atoms with Crippen LogP contribution in [0.3, 0.4) is 0 Å². The zero-order chi connectivity index (χ0) is 26.6. The Balaban J connectivity index is 1.26. The quantitative estimate of drug-likeness (QED) is 0.291. The van der Waals surface area contributed by atoms with Gasteiger partial charge in [0.05, 0.1) is 48.3 Å². The van der Waals surface area contributed by atoms with Crippen molar-refractivity contribution in [3.8, 4) is 0 Å². The van der Waals surface area contributed by atoms with Gasteiger partial charge in [0, 0.05) is 30.9 Å². The molecule has 0 amide bonds. The predicted molar refractivity (Wildman–Crippen MR) is 149 cm³/mol. The highest BCUT2D eigenvalue weighted by atomic mass is 32.1. The first-order valence-corrected chi connectivity index (χ1v) is 13.6. The Morgan fingerprint density at radius 1 is 1.18 bits per heavy atom. The van der Waals surface area contributed by atoms with Crippen molar-refractivity contribution in [1.29, 1.82) is 0 Å². The summed E-state index contributed by atoms with van der Waals surface area (Å²) in [6, 6.07) is 10.8. The Labute approximate surface area is 226 Å². The van der Waals surface area contributed by atoms with Gasteiger partial charge in [0.25, 0.3) is 0 Å². The van der Waals surface area contributed by atoms with E-state index in [1.54, 1.807) is 18.3 Å². The van der Waals surface area contributed by atoms with E-state index in [1.807, 2.05) is 18.1 Å². The minimum atomic E-state index is -0.420. The molecule has 1 fully saturated rings. The van der Waals surface area contributed by atoms with Gasteiger partial charge in [-0.05, 0) is 30.0 Å². The number of morpholine rings is 1. The van der Waals surface area contributed by atoms with Crippen molar-refractivity contribution in [1.82, 2.24) is 19.9 Å². The number of ether oxygens (including phenoxy) is 2. The Hall–Kier alpha value is -3.63. The Kier molecular flexibility index (Phi) is 7.80. The van der Waals surface area contributed by atoms with E-state index < -0.39 is 5.97 Å². The maximum Gasteiger partial charge on any atom is 0.341 e. The molecule has 0 bridgehead atoms. The van der Waals surface area contributed by atoms with Gasteiger partial charge in [-0.25, -0.2) is 24.7 Å². The average molecular weight is 533 g/mol. The van der Waals surface area contributed by atoms with Gasteiger partial charge in [0.1, 0.15) is 6.10 Å². The zero-order valence-electron chi connectivity index (χ0n) is 22.1. The molecule has 9 nitrogen and oxygen atoms in total. The van der Waals surface area contributed by atoms with Gasteiger partial charge in [-0.15, -0.1) is 11.3 Å². The van der Waals surface area contributed by atoms with Gasteiger partial charge in [0.15, 0.2) is 0 Å². The van der Waals surface area contributed by atoms with Crippen LogP contribution in [-0.4, -0.2) is 59.3 Å². The van der Waals surface area contributed by atoms with Gasteiger partial charge >= 0.3 is 5.97 Å². The van der Waals surface area contributed by atoms with Crippen molar-refractivity contribution in [2.24, 2.45) is 0 Å². The second kappa shape index (κ2) is 11.4. The molecule has 1 unspecified atom stereocenters. The molecule has 4 aromatic rings. The molecule has 4 heterocycles. The van der Waals surface area contributed by atoms with Crippen molar-refractivity contribution in [3.63, 3.8) is 0 Å². The molecule has 3 aromatic heterocycles. The van der Waals surface area contributed by atoms with Crippen molar-refractivity contribution in [2.45, 2.75) is 39.3 Å². The number of hydrogen-bond acceptors (Lipinski definition) is 10. The number of esters is 1. The minimum absolute atomic E-state index is 0.00818. The summed E-state index contributed by atoms with van der Waals surface area (Å²) in [7, 11) is 1.92. The topological polar surface area (TPSA) is 93.6 Å². The molecule has 0 N–H and O–H groups in total. The van der Waals surface area contributed by atoms with Crippen LogP contribution in [0.25, 0.3) is 10.2 Å². The lowest BCUT2D eigenvalue weighted by Crippen LogP contribution is -2.39. The smallest absolute Gasteiger partial charge is 0.341 e. The summed E-state index contributed by atoms with van der Waals surface area (Å²) in [6.07, 6.45) is 4.88. The van der Waals surface area contributed by atoms with Crippen LogP contribution in [0.1, 0.15) is 59.2 Å². The number of aromatic nitrogens is 4. The van der Waals surface area contributed by atoms with Crippen molar-refractivity contribution < 1.29 is 14.3 Å². The van der Waals surface area contributed by atoms with Gasteiger partial charge in [0.2, 0.25) is 11.9 Å². The molecule has 0 spiro atoms. The van der Waals surface area contributed by atoms with Gasteiger partial charge in [-0.3, -0.25) is 0 Å². The number of thiophene rings is 1. The van der Waals surface area contributed by atoms with Crippen LogP contribution in [0.2, 0.25) is 0 Å². The maximum atomic E-state index is 11.8. The second-order valence-corrected chi connectivity index (χ2v) is 10.8. The number of benzene rings is 1. The third-order valence-electron chi connectivity index (χ3n) is 6.52. The van der Waals surface area contributed by atoms with Crippen LogP contribution in [0, 0.1) is 0 Å². The third-order valence-corrected chi connectivity index (χ3v) is 7.56. The van der Waals surface area contributed by atoms with Crippen LogP contribution in [0.15, 0.2) is 48.9 Å². The van der Waals surface area contributed by atoms with E-state index in [0.29, 0.717) is 43.7 Å². The standard InChI is InChI=1S/C28H32N6O3S/c1-5-36-26(35)21-13-29-27(30-14-21)33(4)16-22-12-23-25(38-22)15-31-28(32-23)34-10-11-37-24(17-34)20-8-6-19(7-9-20)18(2)3/h6-9,12-15,18,24H,5,10-11,16-17H2,1-4H3.